The first-order valence-corrected chi connectivity index (χ1v) is 12.6. The van der Waals surface area contributed by atoms with Crippen molar-refractivity contribution in [2.75, 3.05) is 19.6 Å². The maximum absolute atomic E-state index is 13.0. The van der Waals surface area contributed by atoms with E-state index in [4.69, 9.17) is 15.8 Å². The monoisotopic (exact) mass is 496 g/mol. The molecule has 1 aromatic carbocycles. The van der Waals surface area contributed by atoms with E-state index < -0.39 is 34.6 Å². The largest absolute Gasteiger partial charge is 0.472 e. The zero-order valence-electron chi connectivity index (χ0n) is 19.0. The minimum absolute atomic E-state index is 0.0194. The van der Waals surface area contributed by atoms with Crippen molar-refractivity contribution in [3.8, 4) is 0 Å². The highest BCUT2D eigenvalue weighted by molar-refractivity contribution is 7.89. The fourth-order valence-corrected chi connectivity index (χ4v) is 4.93. The summed E-state index contributed by atoms with van der Waals surface area (Å²) < 4.78 is 32.7. The van der Waals surface area contributed by atoms with Gasteiger partial charge in [0.2, 0.25) is 22.3 Å². The molecule has 1 saturated carbocycles. The highest BCUT2D eigenvalue weighted by Crippen LogP contribution is 2.47. The molecule has 0 radical (unpaired) electrons. The van der Waals surface area contributed by atoms with Gasteiger partial charge in [-0.05, 0) is 37.8 Å². The first-order valence-electron chi connectivity index (χ1n) is 11.2. The lowest BCUT2D eigenvalue weighted by molar-refractivity contribution is -0.125. The Balaban J connectivity index is 1.90. The Labute approximate surface area is 200 Å². The lowest BCUT2D eigenvalue weighted by Crippen LogP contribution is -2.50. The van der Waals surface area contributed by atoms with Gasteiger partial charge in [-0.15, -0.1) is 0 Å². The maximum atomic E-state index is 13.0. The SMILES string of the molecule is N=C(N)NCCC[C@H](NC=O)OB(O)C1(C(=O)NCCNS(=O)(=O)c2ccccc2)CCCC1. The van der Waals surface area contributed by atoms with Crippen molar-refractivity contribution in [1.29, 1.82) is 5.41 Å². The van der Waals surface area contributed by atoms with Gasteiger partial charge in [0, 0.05) is 19.6 Å². The molecule has 0 saturated heterocycles. The van der Waals surface area contributed by atoms with E-state index in [1.165, 1.54) is 12.1 Å². The lowest BCUT2D eigenvalue weighted by Gasteiger charge is -2.31. The highest BCUT2D eigenvalue weighted by atomic mass is 32.2. The summed E-state index contributed by atoms with van der Waals surface area (Å²) in [7, 11) is -5.15. The van der Waals surface area contributed by atoms with E-state index in [0.29, 0.717) is 38.6 Å². The first-order chi connectivity index (χ1) is 16.2. The number of hydrogen-bond acceptors (Lipinski definition) is 7. The number of benzene rings is 1. The van der Waals surface area contributed by atoms with E-state index in [2.05, 4.69) is 20.7 Å². The summed E-state index contributed by atoms with van der Waals surface area (Å²) in [6.45, 7) is 0.400. The summed E-state index contributed by atoms with van der Waals surface area (Å²) in [6.07, 6.45) is 2.70. The van der Waals surface area contributed by atoms with Crippen LogP contribution < -0.4 is 26.4 Å². The molecule has 8 N–H and O–H groups in total. The van der Waals surface area contributed by atoms with Crippen LogP contribution in [0.15, 0.2) is 35.2 Å². The molecule has 1 aliphatic rings. The van der Waals surface area contributed by atoms with E-state index in [1.54, 1.807) is 18.2 Å². The smallest absolute Gasteiger partial charge is 0.426 e. The molecule has 2 rings (SSSR count). The standard InChI is InChI=1S/C20H33BN6O6S/c22-19(23)25-12-6-9-17(26-15-28)33-21(30)20(10-4-5-11-20)18(29)24-13-14-27-34(31,32)16-7-2-1-3-8-16/h1-3,7-8,15,17,27,30H,4-6,9-14H2,(H,24,29)(H,26,28)(H4,22,23,25)/t17-/m1/s1. The number of hydrogen-bond donors (Lipinski definition) is 7. The first kappa shape index (κ1) is 27.6. The van der Waals surface area contributed by atoms with Crippen LogP contribution in [0, 0.1) is 5.41 Å². The summed E-state index contributed by atoms with van der Waals surface area (Å²) in [5, 5.41) is 24.6. The number of guanidine groups is 1. The van der Waals surface area contributed by atoms with Crippen LogP contribution in [-0.4, -0.2) is 64.7 Å². The fraction of sp³-hybridized carbons (Fsp3) is 0.550. The normalized spacial score (nSPS) is 15.8. The Hall–Kier alpha value is -2.68. The van der Waals surface area contributed by atoms with Crippen LogP contribution in [0.1, 0.15) is 38.5 Å². The predicted molar refractivity (Wildman–Crippen MR) is 127 cm³/mol. The number of rotatable bonds is 15. The predicted octanol–water partition coefficient (Wildman–Crippen LogP) is -0.772. The second-order valence-electron chi connectivity index (χ2n) is 8.07. The van der Waals surface area contributed by atoms with Gasteiger partial charge in [0.25, 0.3) is 0 Å². The molecule has 0 unspecified atom stereocenters. The van der Waals surface area contributed by atoms with Gasteiger partial charge in [-0.25, -0.2) is 13.1 Å². The number of nitrogens with one attached hydrogen (secondary N) is 5. The van der Waals surface area contributed by atoms with Gasteiger partial charge >= 0.3 is 7.12 Å². The van der Waals surface area contributed by atoms with Crippen LogP contribution >= 0.6 is 0 Å². The Morgan fingerprint density at radius 2 is 1.88 bits per heavy atom. The summed E-state index contributed by atoms with van der Waals surface area (Å²) in [4.78, 5) is 24.1. The van der Waals surface area contributed by atoms with Gasteiger partial charge < -0.3 is 31.4 Å². The minimum Gasteiger partial charge on any atom is -0.426 e. The molecule has 0 spiro atoms. The van der Waals surface area contributed by atoms with E-state index in [1.807, 2.05) is 0 Å². The fourth-order valence-electron chi connectivity index (χ4n) is 3.88. The number of amides is 2. The third-order valence-corrected chi connectivity index (χ3v) is 7.16. The third kappa shape index (κ3) is 7.97. The molecular formula is C20H33BN6O6S. The van der Waals surface area contributed by atoms with Crippen LogP contribution in [0.4, 0.5) is 0 Å². The van der Waals surface area contributed by atoms with E-state index in [0.717, 1.165) is 12.8 Å². The van der Waals surface area contributed by atoms with Crippen molar-refractivity contribution >= 4 is 35.4 Å². The molecule has 0 aromatic heterocycles. The average molecular weight is 496 g/mol. The Kier molecular flexibility index (Phi) is 10.8. The molecule has 1 aliphatic carbocycles. The number of nitrogens with two attached hydrogens (primary N) is 1. The van der Waals surface area contributed by atoms with Gasteiger partial charge in [0.05, 0.1) is 10.2 Å². The van der Waals surface area contributed by atoms with Gasteiger partial charge in [-0.2, -0.15) is 0 Å². The van der Waals surface area contributed by atoms with Crippen molar-refractivity contribution < 1.29 is 27.7 Å². The summed E-state index contributed by atoms with van der Waals surface area (Å²) >= 11 is 0. The van der Waals surface area contributed by atoms with Crippen LogP contribution in [0.2, 0.25) is 5.31 Å². The average Bonchev–Trinajstić information content (AvgIpc) is 3.31. The second-order valence-corrected chi connectivity index (χ2v) is 9.84. The molecule has 0 aliphatic heterocycles. The Morgan fingerprint density at radius 3 is 2.50 bits per heavy atom. The summed E-state index contributed by atoms with van der Waals surface area (Å²) in [6, 6.07) is 7.90. The van der Waals surface area contributed by atoms with Gasteiger partial charge in [-0.1, -0.05) is 31.0 Å². The number of carbonyl (C=O) groups is 2. The lowest BCUT2D eigenvalue weighted by atomic mass is 9.55. The van der Waals surface area contributed by atoms with Gasteiger partial charge in [0.1, 0.15) is 6.23 Å². The Morgan fingerprint density at radius 1 is 1.21 bits per heavy atom. The molecular weight excluding hydrogens is 463 g/mol. The van der Waals surface area contributed by atoms with Crippen molar-refractivity contribution in [1.82, 2.24) is 20.7 Å². The molecule has 2 amide bonds. The van der Waals surface area contributed by atoms with Gasteiger partial charge in [0.15, 0.2) is 5.96 Å². The molecule has 1 fully saturated rings. The van der Waals surface area contributed by atoms with E-state index >= 15 is 0 Å². The summed E-state index contributed by atoms with van der Waals surface area (Å²) in [5.41, 5.74) is 5.23. The van der Waals surface area contributed by atoms with Crippen molar-refractivity contribution in [3.63, 3.8) is 0 Å². The van der Waals surface area contributed by atoms with Crippen LogP contribution in [0.5, 0.6) is 0 Å². The molecule has 1 aromatic rings. The maximum Gasteiger partial charge on any atom is 0.472 e. The van der Waals surface area contributed by atoms with Crippen LogP contribution in [-0.2, 0) is 24.3 Å². The van der Waals surface area contributed by atoms with Gasteiger partial charge in [-0.3, -0.25) is 15.0 Å². The van der Waals surface area contributed by atoms with E-state index in [-0.39, 0.29) is 23.9 Å². The molecule has 1 atom stereocenters. The van der Waals surface area contributed by atoms with Crippen molar-refractivity contribution in [2.45, 2.75) is 55.0 Å². The van der Waals surface area contributed by atoms with E-state index in [9.17, 15) is 23.0 Å². The minimum atomic E-state index is -3.69. The molecule has 0 bridgehead atoms. The topological polar surface area (TPSA) is 196 Å². The van der Waals surface area contributed by atoms with Crippen LogP contribution in [0.3, 0.4) is 0 Å². The van der Waals surface area contributed by atoms with Crippen molar-refractivity contribution in [2.24, 2.45) is 5.73 Å². The zero-order chi connectivity index (χ0) is 25.0. The van der Waals surface area contributed by atoms with Crippen molar-refractivity contribution in [3.05, 3.63) is 30.3 Å². The number of carbonyl (C=O) groups excluding carboxylic acids is 2. The second kappa shape index (κ2) is 13.3. The van der Waals surface area contributed by atoms with Crippen LogP contribution in [0.25, 0.3) is 0 Å². The molecule has 14 heteroatoms. The molecule has 12 nitrogen and oxygen atoms in total. The summed E-state index contributed by atoms with van der Waals surface area (Å²) in [5.74, 6) is -0.604. The molecule has 0 heterocycles. The highest BCUT2D eigenvalue weighted by Gasteiger charge is 2.52. The quantitative estimate of drug-likeness (QED) is 0.0410. The Bertz CT molecular complexity index is 913. The third-order valence-electron chi connectivity index (χ3n) is 5.68. The number of sulfonamides is 1. The molecule has 34 heavy (non-hydrogen) atoms. The zero-order valence-corrected chi connectivity index (χ0v) is 19.8. The molecule has 188 valence electrons.